The summed E-state index contributed by atoms with van der Waals surface area (Å²) in [5.41, 5.74) is 2.15. The fraction of sp³-hybridized carbons (Fsp3) is 0.429. The monoisotopic (exact) mass is 277 g/mol. The average Bonchev–Trinajstić information content (AvgIpc) is 2.89. The Balaban J connectivity index is 2.08. The van der Waals surface area contributed by atoms with E-state index >= 15 is 0 Å². The highest BCUT2D eigenvalue weighted by atomic mass is 35.5. The maximum Gasteiger partial charge on any atom is 0.257 e. The molecule has 4 nitrogen and oxygen atoms in total. The van der Waals surface area contributed by atoms with E-state index in [9.17, 15) is 4.79 Å². The van der Waals surface area contributed by atoms with Crippen LogP contribution in [0.25, 0.3) is 10.9 Å². The normalized spacial score (nSPS) is 16.0. The van der Waals surface area contributed by atoms with Crippen LogP contribution in [0.2, 0.25) is 5.15 Å². The summed E-state index contributed by atoms with van der Waals surface area (Å²) in [6, 6.07) is 1.86. The molecule has 0 atom stereocenters. The first kappa shape index (κ1) is 12.5. The van der Waals surface area contributed by atoms with Gasteiger partial charge in [-0.15, -0.1) is 0 Å². The Morgan fingerprint density at radius 2 is 2.11 bits per heavy atom. The van der Waals surface area contributed by atoms with Crippen LogP contribution >= 0.6 is 11.6 Å². The van der Waals surface area contributed by atoms with Crippen LogP contribution in [0, 0.1) is 6.92 Å². The highest BCUT2D eigenvalue weighted by molar-refractivity contribution is 6.34. The number of halogens is 1. The van der Waals surface area contributed by atoms with Gasteiger partial charge < -0.3 is 9.88 Å². The van der Waals surface area contributed by atoms with Crippen LogP contribution in [0.3, 0.4) is 0 Å². The number of pyridine rings is 1. The van der Waals surface area contributed by atoms with Crippen LogP contribution < -0.4 is 0 Å². The lowest BCUT2D eigenvalue weighted by Gasteiger charge is -2.27. The number of carbonyl (C=O) groups is 1. The smallest absolute Gasteiger partial charge is 0.257 e. The average molecular weight is 278 g/mol. The van der Waals surface area contributed by atoms with Gasteiger partial charge in [-0.25, -0.2) is 4.98 Å². The molecule has 1 aliphatic heterocycles. The molecule has 0 bridgehead atoms. The molecular formula is C14H16ClN3O. The van der Waals surface area contributed by atoms with Crippen molar-refractivity contribution < 1.29 is 4.79 Å². The SMILES string of the molecule is Cc1nc(Cl)c2cc[nH]c2c1C(=O)N1CCCCC1. The third kappa shape index (κ3) is 2.10. The molecule has 100 valence electrons. The minimum atomic E-state index is 0.0637. The van der Waals surface area contributed by atoms with Crippen molar-refractivity contribution in [3.8, 4) is 0 Å². The Labute approximate surface area is 116 Å². The van der Waals surface area contributed by atoms with Crippen molar-refractivity contribution in [2.75, 3.05) is 13.1 Å². The first-order valence-electron chi connectivity index (χ1n) is 6.61. The lowest BCUT2D eigenvalue weighted by Crippen LogP contribution is -2.36. The van der Waals surface area contributed by atoms with E-state index in [-0.39, 0.29) is 5.91 Å². The summed E-state index contributed by atoms with van der Waals surface area (Å²) < 4.78 is 0. The van der Waals surface area contributed by atoms with Crippen molar-refractivity contribution in [2.24, 2.45) is 0 Å². The highest BCUT2D eigenvalue weighted by Crippen LogP contribution is 2.27. The van der Waals surface area contributed by atoms with Crippen LogP contribution in [0.4, 0.5) is 0 Å². The molecule has 19 heavy (non-hydrogen) atoms. The summed E-state index contributed by atoms with van der Waals surface area (Å²) in [4.78, 5) is 22.0. The second-order valence-corrected chi connectivity index (χ2v) is 5.34. The summed E-state index contributed by atoms with van der Waals surface area (Å²) in [6.07, 6.45) is 5.17. The number of nitrogens with zero attached hydrogens (tertiary/aromatic N) is 2. The lowest BCUT2D eigenvalue weighted by atomic mass is 10.1. The first-order valence-corrected chi connectivity index (χ1v) is 6.99. The van der Waals surface area contributed by atoms with Gasteiger partial charge in [-0.3, -0.25) is 4.79 Å². The van der Waals surface area contributed by atoms with Crippen molar-refractivity contribution in [3.05, 3.63) is 28.7 Å². The van der Waals surface area contributed by atoms with Gasteiger partial charge in [0.2, 0.25) is 0 Å². The van der Waals surface area contributed by atoms with Gasteiger partial charge in [-0.1, -0.05) is 11.6 Å². The summed E-state index contributed by atoms with van der Waals surface area (Å²) in [5.74, 6) is 0.0637. The van der Waals surface area contributed by atoms with E-state index in [2.05, 4.69) is 9.97 Å². The van der Waals surface area contributed by atoms with Crippen LogP contribution in [-0.4, -0.2) is 33.9 Å². The predicted octanol–water partition coefficient (Wildman–Crippen LogP) is 3.15. The van der Waals surface area contributed by atoms with Gasteiger partial charge in [-0.2, -0.15) is 0 Å². The molecule has 1 aliphatic rings. The third-order valence-electron chi connectivity index (χ3n) is 3.70. The fourth-order valence-electron chi connectivity index (χ4n) is 2.71. The number of rotatable bonds is 1. The topological polar surface area (TPSA) is 49.0 Å². The number of hydrogen-bond acceptors (Lipinski definition) is 2. The number of amides is 1. The highest BCUT2D eigenvalue weighted by Gasteiger charge is 2.24. The van der Waals surface area contributed by atoms with Gasteiger partial charge in [0, 0.05) is 24.7 Å². The van der Waals surface area contributed by atoms with Gasteiger partial charge in [0.15, 0.2) is 0 Å². The van der Waals surface area contributed by atoms with Crippen LogP contribution in [0.15, 0.2) is 12.3 Å². The number of likely N-dealkylation sites (tertiary alicyclic amines) is 1. The number of aromatic nitrogens is 2. The quantitative estimate of drug-likeness (QED) is 0.814. The summed E-state index contributed by atoms with van der Waals surface area (Å²) in [5, 5.41) is 1.26. The lowest BCUT2D eigenvalue weighted by molar-refractivity contribution is 0.0725. The number of nitrogens with one attached hydrogen (secondary N) is 1. The molecule has 0 aliphatic carbocycles. The second kappa shape index (κ2) is 4.85. The number of carbonyl (C=O) groups excluding carboxylic acids is 1. The minimum absolute atomic E-state index is 0.0637. The Hall–Kier alpha value is -1.55. The number of aryl methyl sites for hydroxylation is 1. The molecule has 0 aromatic carbocycles. The zero-order chi connectivity index (χ0) is 13.4. The summed E-state index contributed by atoms with van der Waals surface area (Å²) in [6.45, 7) is 3.51. The van der Waals surface area contributed by atoms with E-state index < -0.39 is 0 Å². The van der Waals surface area contributed by atoms with Crippen LogP contribution in [0.1, 0.15) is 35.3 Å². The van der Waals surface area contributed by atoms with Gasteiger partial charge in [-0.05, 0) is 32.3 Å². The molecule has 0 spiro atoms. The first-order chi connectivity index (χ1) is 9.18. The van der Waals surface area contributed by atoms with Gasteiger partial charge in [0.25, 0.3) is 5.91 Å². The van der Waals surface area contributed by atoms with Crippen molar-refractivity contribution in [1.82, 2.24) is 14.9 Å². The van der Waals surface area contributed by atoms with Crippen LogP contribution in [0.5, 0.6) is 0 Å². The van der Waals surface area contributed by atoms with E-state index in [1.54, 1.807) is 6.20 Å². The molecule has 1 amide bonds. The summed E-state index contributed by atoms with van der Waals surface area (Å²) in [7, 11) is 0. The zero-order valence-corrected chi connectivity index (χ0v) is 11.6. The van der Waals surface area contributed by atoms with Gasteiger partial charge in [0.1, 0.15) is 5.15 Å². The van der Waals surface area contributed by atoms with Crippen molar-refractivity contribution in [3.63, 3.8) is 0 Å². The number of fused-ring (bicyclic) bond motifs is 1. The summed E-state index contributed by atoms with van der Waals surface area (Å²) >= 11 is 6.11. The van der Waals surface area contributed by atoms with Crippen molar-refractivity contribution in [1.29, 1.82) is 0 Å². The van der Waals surface area contributed by atoms with E-state index in [4.69, 9.17) is 11.6 Å². The predicted molar refractivity (Wildman–Crippen MR) is 75.6 cm³/mol. The Morgan fingerprint density at radius 1 is 1.37 bits per heavy atom. The van der Waals surface area contributed by atoms with Gasteiger partial charge in [0.05, 0.1) is 16.8 Å². The second-order valence-electron chi connectivity index (χ2n) is 4.98. The van der Waals surface area contributed by atoms with E-state index in [0.717, 1.165) is 36.8 Å². The molecule has 0 saturated carbocycles. The third-order valence-corrected chi connectivity index (χ3v) is 3.99. The molecule has 3 heterocycles. The van der Waals surface area contributed by atoms with Crippen molar-refractivity contribution >= 4 is 28.4 Å². The van der Waals surface area contributed by atoms with Crippen molar-refractivity contribution in [2.45, 2.75) is 26.2 Å². The molecule has 1 fully saturated rings. The standard InChI is InChI=1S/C14H16ClN3O/c1-9-11(14(19)18-7-3-2-4-8-18)12-10(5-6-16-12)13(15)17-9/h5-6,16H,2-4,7-8H2,1H3. The molecule has 2 aromatic heterocycles. The largest absolute Gasteiger partial charge is 0.360 e. The fourth-order valence-corrected chi connectivity index (χ4v) is 2.99. The van der Waals surface area contributed by atoms with E-state index in [1.807, 2.05) is 17.9 Å². The zero-order valence-electron chi connectivity index (χ0n) is 10.9. The molecule has 0 radical (unpaired) electrons. The number of H-pyrrole nitrogens is 1. The maximum absolute atomic E-state index is 12.7. The van der Waals surface area contributed by atoms with E-state index in [1.165, 1.54) is 6.42 Å². The molecule has 2 aromatic rings. The molecule has 3 rings (SSSR count). The Bertz CT molecular complexity index is 629. The van der Waals surface area contributed by atoms with E-state index in [0.29, 0.717) is 16.4 Å². The van der Waals surface area contributed by atoms with Crippen LogP contribution in [-0.2, 0) is 0 Å². The number of hydrogen-bond donors (Lipinski definition) is 1. The number of aromatic amines is 1. The Morgan fingerprint density at radius 3 is 2.84 bits per heavy atom. The molecule has 0 unspecified atom stereocenters. The maximum atomic E-state index is 12.7. The molecule has 1 saturated heterocycles. The minimum Gasteiger partial charge on any atom is -0.360 e. The van der Waals surface area contributed by atoms with Gasteiger partial charge >= 0.3 is 0 Å². The molecule has 5 heteroatoms. The number of piperidine rings is 1. The Kier molecular flexibility index (Phi) is 3.19. The molecule has 1 N–H and O–H groups in total. The molecular weight excluding hydrogens is 262 g/mol.